The van der Waals surface area contributed by atoms with Gasteiger partial charge in [0.05, 0.1) is 5.41 Å². The first-order valence-electron chi connectivity index (χ1n) is 23.0. The molecule has 0 fully saturated rings. The molecule has 9 aromatic carbocycles. The number of hydrogen-bond donors (Lipinski definition) is 0. The monoisotopic (exact) mass is 820 g/mol. The van der Waals surface area contributed by atoms with E-state index in [9.17, 15) is 0 Å². The molecule has 64 heavy (non-hydrogen) atoms. The normalized spacial score (nSPS) is 15.2. The predicted octanol–water partition coefficient (Wildman–Crippen LogP) is 16.6. The van der Waals surface area contributed by atoms with E-state index in [1.165, 1.54) is 128 Å². The van der Waals surface area contributed by atoms with Gasteiger partial charge in [0.1, 0.15) is 0 Å². The van der Waals surface area contributed by atoms with E-state index < -0.39 is 5.41 Å². The summed E-state index contributed by atoms with van der Waals surface area (Å²) in [4.78, 5) is 0. The molecule has 0 heterocycles. The minimum Gasteiger partial charge on any atom is -0.0619 e. The molecule has 12 rings (SSSR count). The third-order valence-corrected chi connectivity index (χ3v) is 15.4. The molecule has 0 bridgehead atoms. The van der Waals surface area contributed by atoms with Crippen LogP contribution in [-0.2, 0) is 16.2 Å². The van der Waals surface area contributed by atoms with Crippen LogP contribution in [0.3, 0.4) is 0 Å². The lowest BCUT2D eigenvalue weighted by molar-refractivity contribution is 0.660. The number of rotatable bonds is 5. The highest BCUT2D eigenvalue weighted by Crippen LogP contribution is 2.60. The van der Waals surface area contributed by atoms with Gasteiger partial charge < -0.3 is 0 Å². The van der Waals surface area contributed by atoms with Crippen LogP contribution in [0.2, 0.25) is 0 Å². The van der Waals surface area contributed by atoms with Crippen molar-refractivity contribution < 1.29 is 0 Å². The molecule has 0 heteroatoms. The molecule has 0 unspecified atom stereocenters. The molecule has 0 saturated heterocycles. The van der Waals surface area contributed by atoms with Crippen molar-refractivity contribution in [1.29, 1.82) is 0 Å². The van der Waals surface area contributed by atoms with E-state index in [4.69, 9.17) is 0 Å². The second kappa shape index (κ2) is 13.7. The molecular formula is C64H52. The minimum atomic E-state index is -0.620. The molecule has 0 N–H and O–H groups in total. The van der Waals surface area contributed by atoms with Crippen LogP contribution in [0, 0.1) is 20.8 Å². The van der Waals surface area contributed by atoms with Gasteiger partial charge in [-0.1, -0.05) is 209 Å². The summed E-state index contributed by atoms with van der Waals surface area (Å²) in [6.45, 7) is 16.3. The fraction of sp³-hybridized carbons (Fsp3) is 0.156. The molecule has 0 radical (unpaired) electrons. The summed E-state index contributed by atoms with van der Waals surface area (Å²) in [5, 5.41) is 0. The average Bonchev–Trinajstić information content (AvgIpc) is 3.84. The predicted molar refractivity (Wildman–Crippen MR) is 269 cm³/mol. The van der Waals surface area contributed by atoms with E-state index in [1.54, 1.807) is 0 Å². The van der Waals surface area contributed by atoms with Crippen LogP contribution in [0.15, 0.2) is 188 Å². The van der Waals surface area contributed by atoms with Gasteiger partial charge in [-0.3, -0.25) is 0 Å². The summed E-state index contributed by atoms with van der Waals surface area (Å²) in [6, 6.07) is 72.2. The number of aryl methyl sites for hydroxylation is 3. The van der Waals surface area contributed by atoms with Crippen LogP contribution in [0.4, 0.5) is 0 Å². The zero-order valence-corrected chi connectivity index (χ0v) is 37.9. The second-order valence-electron chi connectivity index (χ2n) is 19.8. The fourth-order valence-corrected chi connectivity index (χ4v) is 12.8. The highest BCUT2D eigenvalue weighted by Gasteiger charge is 2.48. The van der Waals surface area contributed by atoms with E-state index >= 15 is 0 Å². The first kappa shape index (κ1) is 38.6. The molecule has 0 nitrogen and oxygen atoms in total. The molecule has 3 aliphatic carbocycles. The maximum Gasteiger partial charge on any atom is 0.0714 e. The van der Waals surface area contributed by atoms with Crippen molar-refractivity contribution in [2.24, 2.45) is 0 Å². The topological polar surface area (TPSA) is 0 Å². The van der Waals surface area contributed by atoms with Gasteiger partial charge in [-0.15, -0.1) is 0 Å². The van der Waals surface area contributed by atoms with Crippen LogP contribution in [-0.4, -0.2) is 0 Å². The Bertz CT molecular complexity index is 3250. The lowest BCUT2D eigenvalue weighted by atomic mass is 9.66. The fourth-order valence-electron chi connectivity index (χ4n) is 12.8. The van der Waals surface area contributed by atoms with E-state index in [0.29, 0.717) is 0 Å². The SMILES string of the molecule is Cc1cc(C)c(-c2cccc3c2-c2ccccc2C3(c2cccc(-c3cccc4c3-c3ccccc3C4(C)C)c2)c2cccc(-c3cccc4c3-c3ccccc3C4(C)C)c2)c(C)c1. The van der Waals surface area contributed by atoms with Crippen LogP contribution in [0.1, 0.15) is 88.9 Å². The molecule has 0 spiro atoms. The van der Waals surface area contributed by atoms with Crippen molar-refractivity contribution in [2.75, 3.05) is 0 Å². The van der Waals surface area contributed by atoms with Crippen LogP contribution in [0.5, 0.6) is 0 Å². The summed E-state index contributed by atoms with van der Waals surface area (Å²) in [6.07, 6.45) is 0. The van der Waals surface area contributed by atoms with Crippen molar-refractivity contribution in [3.63, 3.8) is 0 Å². The van der Waals surface area contributed by atoms with Crippen molar-refractivity contribution >= 4 is 0 Å². The largest absolute Gasteiger partial charge is 0.0714 e. The molecule has 308 valence electrons. The van der Waals surface area contributed by atoms with Crippen LogP contribution in [0.25, 0.3) is 66.8 Å². The average molecular weight is 821 g/mol. The summed E-state index contributed by atoms with van der Waals surface area (Å²) in [5.41, 5.74) is 29.6. The summed E-state index contributed by atoms with van der Waals surface area (Å²) in [7, 11) is 0. The standard InChI is InChI=1S/C64H52/c1-39-35-40(2)58(41(3)36-39)51-28-18-34-57-61(51)50-25-10-13-31-54(50)64(57,44-21-14-19-42(37-44)46-26-16-32-55-59(46)48-23-8-11-29-52(48)62(55,4)5)45-22-15-20-43(38-45)47-27-17-33-56-60(47)49-24-9-12-30-53(49)63(56,6)7/h8-38H,1-7H3. The number of fused-ring (bicyclic) bond motifs is 9. The zero-order chi connectivity index (χ0) is 43.7. The molecular weight excluding hydrogens is 769 g/mol. The third-order valence-electron chi connectivity index (χ3n) is 15.4. The van der Waals surface area contributed by atoms with Crippen LogP contribution < -0.4 is 0 Å². The summed E-state index contributed by atoms with van der Waals surface area (Å²) >= 11 is 0. The highest BCUT2D eigenvalue weighted by atomic mass is 14.5. The molecule has 0 saturated carbocycles. The van der Waals surface area contributed by atoms with Gasteiger partial charge in [0.15, 0.2) is 0 Å². The maximum atomic E-state index is 2.52. The van der Waals surface area contributed by atoms with Gasteiger partial charge in [-0.25, -0.2) is 0 Å². The van der Waals surface area contributed by atoms with Crippen molar-refractivity contribution in [3.8, 4) is 66.8 Å². The van der Waals surface area contributed by atoms with E-state index in [0.717, 1.165) is 0 Å². The summed E-state index contributed by atoms with van der Waals surface area (Å²) in [5.74, 6) is 0. The zero-order valence-electron chi connectivity index (χ0n) is 37.9. The van der Waals surface area contributed by atoms with Crippen molar-refractivity contribution in [3.05, 3.63) is 249 Å². The van der Waals surface area contributed by atoms with E-state index in [-0.39, 0.29) is 10.8 Å². The van der Waals surface area contributed by atoms with Crippen LogP contribution >= 0.6 is 0 Å². The number of benzene rings is 9. The molecule has 3 aliphatic rings. The Labute approximate surface area is 379 Å². The highest BCUT2D eigenvalue weighted by molar-refractivity contribution is 5.99. The Balaban J connectivity index is 1.16. The van der Waals surface area contributed by atoms with Gasteiger partial charge >= 0.3 is 0 Å². The van der Waals surface area contributed by atoms with Gasteiger partial charge in [-0.2, -0.15) is 0 Å². The van der Waals surface area contributed by atoms with Crippen molar-refractivity contribution in [1.82, 2.24) is 0 Å². The van der Waals surface area contributed by atoms with Gasteiger partial charge in [0.25, 0.3) is 0 Å². The molecule has 0 aliphatic heterocycles. The lowest BCUT2D eigenvalue weighted by Gasteiger charge is -2.35. The van der Waals surface area contributed by atoms with E-state index in [1.807, 2.05) is 0 Å². The summed E-state index contributed by atoms with van der Waals surface area (Å²) < 4.78 is 0. The Morgan fingerprint density at radius 1 is 0.281 bits per heavy atom. The third kappa shape index (κ3) is 5.17. The van der Waals surface area contributed by atoms with Gasteiger partial charge in [0, 0.05) is 10.8 Å². The van der Waals surface area contributed by atoms with E-state index in [2.05, 4.69) is 237 Å². The van der Waals surface area contributed by atoms with Crippen molar-refractivity contribution in [2.45, 2.75) is 64.7 Å². The Morgan fingerprint density at radius 2 is 0.641 bits per heavy atom. The molecule has 9 aromatic rings. The smallest absolute Gasteiger partial charge is 0.0619 e. The lowest BCUT2D eigenvalue weighted by Crippen LogP contribution is -2.28. The number of hydrogen-bond acceptors (Lipinski definition) is 0. The second-order valence-corrected chi connectivity index (χ2v) is 19.8. The molecule has 0 aromatic heterocycles. The van der Waals surface area contributed by atoms with Gasteiger partial charge in [0.2, 0.25) is 0 Å². The molecule has 0 atom stereocenters. The quantitative estimate of drug-likeness (QED) is 0.162. The molecule has 0 amide bonds. The maximum absolute atomic E-state index is 2.52. The minimum absolute atomic E-state index is 0.0828. The first-order valence-corrected chi connectivity index (χ1v) is 23.0. The van der Waals surface area contributed by atoms with Gasteiger partial charge in [-0.05, 0) is 155 Å². The Kier molecular flexibility index (Phi) is 8.29. The Hall–Kier alpha value is -7.02. The Morgan fingerprint density at radius 3 is 1.14 bits per heavy atom. The first-order chi connectivity index (χ1) is 31.0.